The Bertz CT molecular complexity index is 1220. The minimum Gasteiger partial charge on any atom is -0.494 e. The highest BCUT2D eigenvalue weighted by Gasteiger charge is 2.40. The fraction of sp³-hybridized carbons (Fsp3) is 0.185. The zero-order chi connectivity index (χ0) is 24.8. The van der Waals surface area contributed by atoms with E-state index in [4.69, 9.17) is 9.47 Å². The first-order valence-electron chi connectivity index (χ1n) is 11.1. The summed E-state index contributed by atoms with van der Waals surface area (Å²) in [5, 5.41) is -0.497. The average Bonchev–Trinajstić information content (AvgIpc) is 3.16. The molecule has 178 valence electrons. The lowest BCUT2D eigenvalue weighted by atomic mass is 10.1. The van der Waals surface area contributed by atoms with Crippen molar-refractivity contribution >= 4 is 41.0 Å². The van der Waals surface area contributed by atoms with Gasteiger partial charge in [-0.3, -0.25) is 14.4 Å². The number of nitrogens with zero attached hydrogens (tertiary/aromatic N) is 1. The average molecular weight is 490 g/mol. The number of Topliss-reactive ketones (excluding diaryl/α,β-unsaturated/α-hetero) is 1. The number of imide groups is 1. The van der Waals surface area contributed by atoms with Gasteiger partial charge in [-0.25, -0.2) is 9.69 Å². The number of rotatable bonds is 9. The molecule has 0 aliphatic carbocycles. The van der Waals surface area contributed by atoms with Gasteiger partial charge in [0.05, 0.1) is 23.1 Å². The molecule has 1 saturated heterocycles. The van der Waals surface area contributed by atoms with Crippen LogP contribution in [-0.4, -0.2) is 42.0 Å². The lowest BCUT2D eigenvalue weighted by molar-refractivity contribution is -0.121. The van der Waals surface area contributed by atoms with Crippen molar-refractivity contribution in [2.75, 3.05) is 18.1 Å². The molecule has 3 aromatic carbocycles. The van der Waals surface area contributed by atoms with E-state index in [1.165, 1.54) is 36.0 Å². The molecule has 1 atom stereocenters. The number of anilines is 1. The predicted octanol–water partition coefficient (Wildman–Crippen LogP) is 4.55. The van der Waals surface area contributed by atoms with E-state index in [1.807, 2.05) is 37.3 Å². The van der Waals surface area contributed by atoms with Crippen LogP contribution in [0, 0.1) is 0 Å². The molecule has 0 spiro atoms. The molecular formula is C27H23NO6S. The van der Waals surface area contributed by atoms with Gasteiger partial charge in [0.2, 0.25) is 11.8 Å². The highest BCUT2D eigenvalue weighted by atomic mass is 32.2. The van der Waals surface area contributed by atoms with E-state index in [9.17, 15) is 19.2 Å². The second-order valence-corrected chi connectivity index (χ2v) is 8.97. The van der Waals surface area contributed by atoms with Crippen molar-refractivity contribution < 1.29 is 28.7 Å². The van der Waals surface area contributed by atoms with E-state index in [-0.39, 0.29) is 29.6 Å². The second-order valence-electron chi connectivity index (χ2n) is 7.69. The summed E-state index contributed by atoms with van der Waals surface area (Å²) in [6, 6.07) is 22.0. The molecule has 3 aromatic rings. The SMILES string of the molecule is CCOc1ccc(C(=O)COC(=O)c2ccc(N3C(=O)CC(Sc4ccccc4)C3=O)cc2)cc1. The molecule has 1 fully saturated rings. The van der Waals surface area contributed by atoms with Crippen LogP contribution in [0.25, 0.3) is 0 Å². The maximum Gasteiger partial charge on any atom is 0.338 e. The van der Waals surface area contributed by atoms with Gasteiger partial charge in [-0.2, -0.15) is 0 Å². The van der Waals surface area contributed by atoms with Gasteiger partial charge in [-0.15, -0.1) is 11.8 Å². The molecule has 7 nitrogen and oxygen atoms in total. The lowest BCUT2D eigenvalue weighted by Crippen LogP contribution is -2.31. The van der Waals surface area contributed by atoms with Gasteiger partial charge in [0.25, 0.3) is 0 Å². The Hall–Kier alpha value is -3.91. The molecule has 1 unspecified atom stereocenters. The van der Waals surface area contributed by atoms with E-state index >= 15 is 0 Å². The van der Waals surface area contributed by atoms with Crippen LogP contribution < -0.4 is 9.64 Å². The van der Waals surface area contributed by atoms with Crippen molar-refractivity contribution in [2.45, 2.75) is 23.5 Å². The van der Waals surface area contributed by atoms with Crippen LogP contribution in [0.3, 0.4) is 0 Å². The molecule has 1 aliphatic rings. The van der Waals surface area contributed by atoms with Crippen LogP contribution in [0.1, 0.15) is 34.1 Å². The van der Waals surface area contributed by atoms with Gasteiger partial charge in [-0.1, -0.05) is 18.2 Å². The third kappa shape index (κ3) is 5.78. The van der Waals surface area contributed by atoms with Crippen molar-refractivity contribution in [1.29, 1.82) is 0 Å². The first-order chi connectivity index (χ1) is 17.0. The monoisotopic (exact) mass is 489 g/mol. The van der Waals surface area contributed by atoms with Crippen LogP contribution in [0.4, 0.5) is 5.69 Å². The van der Waals surface area contributed by atoms with Crippen molar-refractivity contribution in [3.8, 4) is 5.75 Å². The molecule has 4 rings (SSSR count). The molecule has 1 aliphatic heterocycles. The number of ketones is 1. The molecule has 35 heavy (non-hydrogen) atoms. The van der Waals surface area contributed by atoms with Gasteiger partial charge in [-0.05, 0) is 67.6 Å². The Balaban J connectivity index is 1.34. The largest absolute Gasteiger partial charge is 0.494 e. The molecular weight excluding hydrogens is 466 g/mol. The Kier molecular flexibility index (Phi) is 7.62. The van der Waals surface area contributed by atoms with Crippen LogP contribution in [0.15, 0.2) is 83.8 Å². The summed E-state index contributed by atoms with van der Waals surface area (Å²) in [6.07, 6.45) is 0.107. The van der Waals surface area contributed by atoms with Crippen molar-refractivity contribution in [2.24, 2.45) is 0 Å². The fourth-order valence-electron chi connectivity index (χ4n) is 3.58. The Morgan fingerprint density at radius 1 is 0.914 bits per heavy atom. The molecule has 2 amide bonds. The predicted molar refractivity (Wildman–Crippen MR) is 132 cm³/mol. The van der Waals surface area contributed by atoms with Gasteiger partial charge in [0.1, 0.15) is 5.75 Å². The van der Waals surface area contributed by atoms with Crippen LogP contribution >= 0.6 is 11.8 Å². The van der Waals surface area contributed by atoms with Crippen molar-refractivity contribution in [3.63, 3.8) is 0 Å². The summed E-state index contributed by atoms with van der Waals surface area (Å²) >= 11 is 1.35. The number of carbonyl (C=O) groups is 4. The van der Waals surface area contributed by atoms with Gasteiger partial charge in [0, 0.05) is 16.9 Å². The van der Waals surface area contributed by atoms with Crippen LogP contribution in [0.5, 0.6) is 5.75 Å². The first kappa shape index (κ1) is 24.2. The Labute approximate surface area is 207 Å². The number of thioether (sulfide) groups is 1. The zero-order valence-electron chi connectivity index (χ0n) is 19.0. The number of ether oxygens (including phenoxy) is 2. The number of amides is 2. The Morgan fingerprint density at radius 2 is 1.57 bits per heavy atom. The summed E-state index contributed by atoms with van der Waals surface area (Å²) in [6.45, 7) is 1.99. The fourth-order valence-corrected chi connectivity index (χ4v) is 4.65. The number of hydrogen-bond donors (Lipinski definition) is 0. The molecule has 0 radical (unpaired) electrons. The third-order valence-corrected chi connectivity index (χ3v) is 6.51. The van der Waals surface area contributed by atoms with Crippen molar-refractivity contribution in [3.05, 3.63) is 90.0 Å². The minimum atomic E-state index is -0.674. The summed E-state index contributed by atoms with van der Waals surface area (Å²) in [4.78, 5) is 52.1. The smallest absolute Gasteiger partial charge is 0.338 e. The zero-order valence-corrected chi connectivity index (χ0v) is 19.8. The number of carbonyl (C=O) groups excluding carboxylic acids is 4. The summed E-state index contributed by atoms with van der Waals surface area (Å²) in [5.74, 6) is -0.943. The van der Waals surface area contributed by atoms with Crippen molar-refractivity contribution in [1.82, 2.24) is 0 Å². The summed E-state index contributed by atoms with van der Waals surface area (Å²) in [7, 11) is 0. The highest BCUT2D eigenvalue weighted by molar-refractivity contribution is 8.00. The van der Waals surface area contributed by atoms with E-state index < -0.39 is 17.8 Å². The third-order valence-electron chi connectivity index (χ3n) is 5.31. The number of hydrogen-bond acceptors (Lipinski definition) is 7. The van der Waals surface area contributed by atoms with E-state index in [0.29, 0.717) is 23.6 Å². The van der Waals surface area contributed by atoms with Gasteiger partial charge < -0.3 is 9.47 Å². The van der Waals surface area contributed by atoms with Crippen LogP contribution in [0.2, 0.25) is 0 Å². The number of esters is 1. The lowest BCUT2D eigenvalue weighted by Gasteiger charge is -2.15. The maximum absolute atomic E-state index is 12.9. The molecule has 1 heterocycles. The molecule has 8 heteroatoms. The topological polar surface area (TPSA) is 90.0 Å². The quantitative estimate of drug-likeness (QED) is 0.247. The normalized spacial score (nSPS) is 15.2. The van der Waals surface area contributed by atoms with E-state index in [1.54, 1.807) is 24.3 Å². The summed E-state index contributed by atoms with van der Waals surface area (Å²) < 4.78 is 10.5. The first-order valence-corrected chi connectivity index (χ1v) is 12.0. The molecule has 0 N–H and O–H groups in total. The summed E-state index contributed by atoms with van der Waals surface area (Å²) in [5.41, 5.74) is 1.01. The second kappa shape index (κ2) is 11.0. The standard InChI is InChI=1S/C27H23NO6S/c1-2-33-21-14-10-18(11-15-21)23(29)17-34-27(32)19-8-12-20(13-9-19)28-25(30)16-24(26(28)31)35-22-6-4-3-5-7-22/h3-15,24H,2,16-17H2,1H3. The highest BCUT2D eigenvalue weighted by Crippen LogP contribution is 2.33. The number of benzene rings is 3. The van der Waals surface area contributed by atoms with E-state index in [0.717, 1.165) is 9.80 Å². The minimum absolute atomic E-state index is 0.107. The Morgan fingerprint density at radius 3 is 2.23 bits per heavy atom. The van der Waals surface area contributed by atoms with Gasteiger partial charge >= 0.3 is 5.97 Å². The molecule has 0 aromatic heterocycles. The maximum atomic E-state index is 12.9. The van der Waals surface area contributed by atoms with Crippen LogP contribution in [-0.2, 0) is 14.3 Å². The molecule has 0 bridgehead atoms. The molecule has 0 saturated carbocycles. The van der Waals surface area contributed by atoms with Gasteiger partial charge in [0.15, 0.2) is 12.4 Å². The van der Waals surface area contributed by atoms with E-state index in [2.05, 4.69) is 0 Å².